The van der Waals surface area contributed by atoms with Crippen molar-refractivity contribution < 1.29 is 9.13 Å². The second-order valence-electron chi connectivity index (χ2n) is 5.37. The van der Waals surface area contributed by atoms with E-state index in [0.29, 0.717) is 5.02 Å². The van der Waals surface area contributed by atoms with Gasteiger partial charge in [0.15, 0.2) is 0 Å². The molecule has 3 rings (SSSR count). The summed E-state index contributed by atoms with van der Waals surface area (Å²) in [5, 5.41) is 3.98. The van der Waals surface area contributed by atoms with E-state index >= 15 is 0 Å². The fourth-order valence-electron chi connectivity index (χ4n) is 2.86. The van der Waals surface area contributed by atoms with Crippen molar-refractivity contribution in [2.24, 2.45) is 0 Å². The number of hydrogen-bond donors (Lipinski definition) is 1. The molecule has 2 atom stereocenters. The summed E-state index contributed by atoms with van der Waals surface area (Å²) in [7, 11) is 1.91. The average Bonchev–Trinajstić information content (AvgIpc) is 2.48. The van der Waals surface area contributed by atoms with Gasteiger partial charge in [0.05, 0.1) is 0 Å². The summed E-state index contributed by atoms with van der Waals surface area (Å²) in [6.07, 6.45) is 0.584. The van der Waals surface area contributed by atoms with Gasteiger partial charge in [0.25, 0.3) is 0 Å². The summed E-state index contributed by atoms with van der Waals surface area (Å²) in [6.45, 7) is 1.98. The summed E-state index contributed by atoms with van der Waals surface area (Å²) in [5.41, 5.74) is 2.99. The first kappa shape index (κ1) is 14.4. The molecule has 21 heavy (non-hydrogen) atoms. The number of nitrogens with one attached hydrogen (secondary N) is 1. The number of rotatable bonds is 2. The molecule has 0 aliphatic carbocycles. The number of hydrogen-bond acceptors (Lipinski definition) is 2. The lowest BCUT2D eigenvalue weighted by Crippen LogP contribution is -2.27. The van der Waals surface area contributed by atoms with E-state index in [1.54, 1.807) is 12.1 Å². The van der Waals surface area contributed by atoms with Gasteiger partial charge in [-0.3, -0.25) is 0 Å². The maximum absolute atomic E-state index is 13.5. The summed E-state index contributed by atoms with van der Waals surface area (Å²) in [6, 6.07) is 10.6. The highest BCUT2D eigenvalue weighted by molar-refractivity contribution is 6.30. The Morgan fingerprint density at radius 2 is 2.00 bits per heavy atom. The third-order valence-electron chi connectivity index (χ3n) is 4.00. The molecular formula is C17H17ClFNO. The van der Waals surface area contributed by atoms with E-state index in [1.807, 2.05) is 32.2 Å². The van der Waals surface area contributed by atoms with E-state index in [0.717, 1.165) is 28.9 Å². The Morgan fingerprint density at radius 1 is 1.19 bits per heavy atom. The van der Waals surface area contributed by atoms with Crippen LogP contribution in [0.15, 0.2) is 36.4 Å². The van der Waals surface area contributed by atoms with Crippen molar-refractivity contribution in [3.63, 3.8) is 0 Å². The summed E-state index contributed by atoms with van der Waals surface area (Å²) in [4.78, 5) is 0. The first-order valence-electron chi connectivity index (χ1n) is 6.98. The highest BCUT2D eigenvalue weighted by Crippen LogP contribution is 2.42. The van der Waals surface area contributed by atoms with Crippen molar-refractivity contribution in [1.29, 1.82) is 0 Å². The van der Waals surface area contributed by atoms with Crippen LogP contribution in [0.4, 0.5) is 4.39 Å². The molecule has 1 aliphatic heterocycles. The molecule has 0 saturated carbocycles. The molecule has 1 heterocycles. The average molecular weight is 306 g/mol. The topological polar surface area (TPSA) is 21.3 Å². The normalized spacial score (nSPS) is 20.8. The van der Waals surface area contributed by atoms with Crippen LogP contribution in [0.25, 0.3) is 0 Å². The van der Waals surface area contributed by atoms with Crippen LogP contribution in [0.2, 0.25) is 5.02 Å². The van der Waals surface area contributed by atoms with Crippen molar-refractivity contribution in [1.82, 2.24) is 5.32 Å². The van der Waals surface area contributed by atoms with Crippen LogP contribution < -0.4 is 10.1 Å². The Morgan fingerprint density at radius 3 is 2.76 bits per heavy atom. The Bertz CT molecular complexity index is 674. The smallest absolute Gasteiger partial charge is 0.126 e. The molecule has 0 fully saturated rings. The number of aryl methyl sites for hydroxylation is 1. The van der Waals surface area contributed by atoms with E-state index < -0.39 is 0 Å². The maximum atomic E-state index is 13.5. The SMILES string of the molecule is CNC1CC(c2cc(F)ccc2C)Oc2ccc(Cl)cc21. The minimum absolute atomic E-state index is 0.139. The Balaban J connectivity index is 2.00. The van der Waals surface area contributed by atoms with E-state index in [9.17, 15) is 4.39 Å². The van der Waals surface area contributed by atoms with Gasteiger partial charge >= 0.3 is 0 Å². The lowest BCUT2D eigenvalue weighted by molar-refractivity contribution is 0.153. The Labute approximate surface area is 128 Å². The Hall–Kier alpha value is -1.58. The van der Waals surface area contributed by atoms with Crippen LogP contribution in [-0.4, -0.2) is 7.05 Å². The molecular weight excluding hydrogens is 289 g/mol. The van der Waals surface area contributed by atoms with Gasteiger partial charge < -0.3 is 10.1 Å². The minimum Gasteiger partial charge on any atom is -0.485 e. The molecule has 110 valence electrons. The molecule has 0 radical (unpaired) electrons. The van der Waals surface area contributed by atoms with Gasteiger partial charge in [0, 0.05) is 23.0 Å². The molecule has 0 aromatic heterocycles. The van der Waals surface area contributed by atoms with Crippen LogP contribution in [-0.2, 0) is 0 Å². The number of ether oxygens (including phenoxy) is 1. The van der Waals surface area contributed by atoms with Crippen LogP contribution in [0.5, 0.6) is 5.75 Å². The van der Waals surface area contributed by atoms with Crippen molar-refractivity contribution in [3.05, 3.63) is 63.9 Å². The molecule has 1 N–H and O–H groups in total. The monoisotopic (exact) mass is 305 g/mol. The molecule has 2 aromatic carbocycles. The lowest BCUT2D eigenvalue weighted by Gasteiger charge is -2.33. The van der Waals surface area contributed by atoms with Crippen LogP contribution in [0.3, 0.4) is 0 Å². The number of benzene rings is 2. The van der Waals surface area contributed by atoms with Crippen molar-refractivity contribution in [3.8, 4) is 5.75 Å². The van der Waals surface area contributed by atoms with Crippen LogP contribution >= 0.6 is 11.6 Å². The number of fused-ring (bicyclic) bond motifs is 1. The second-order valence-corrected chi connectivity index (χ2v) is 5.80. The molecule has 2 unspecified atom stereocenters. The van der Waals surface area contributed by atoms with Crippen LogP contribution in [0, 0.1) is 12.7 Å². The summed E-state index contributed by atoms with van der Waals surface area (Å²) >= 11 is 6.07. The summed E-state index contributed by atoms with van der Waals surface area (Å²) in [5.74, 6) is 0.570. The Kier molecular flexibility index (Phi) is 3.87. The third kappa shape index (κ3) is 2.76. The fraction of sp³-hybridized carbons (Fsp3) is 0.294. The van der Waals surface area contributed by atoms with Crippen molar-refractivity contribution >= 4 is 11.6 Å². The predicted octanol–water partition coefficient (Wildman–Crippen LogP) is 4.57. The zero-order valence-electron chi connectivity index (χ0n) is 12.0. The van der Waals surface area contributed by atoms with Gasteiger partial charge in [-0.05, 0) is 55.4 Å². The van der Waals surface area contributed by atoms with E-state index in [2.05, 4.69) is 5.32 Å². The van der Waals surface area contributed by atoms with Gasteiger partial charge in [-0.25, -0.2) is 4.39 Å². The minimum atomic E-state index is -0.234. The predicted molar refractivity (Wildman–Crippen MR) is 82.4 cm³/mol. The molecule has 2 nitrogen and oxygen atoms in total. The molecule has 0 amide bonds. The zero-order chi connectivity index (χ0) is 15.0. The summed E-state index contributed by atoms with van der Waals surface area (Å²) < 4.78 is 19.6. The molecule has 1 aliphatic rings. The first-order valence-corrected chi connectivity index (χ1v) is 7.35. The van der Waals surface area contributed by atoms with Gasteiger partial charge in [-0.2, -0.15) is 0 Å². The van der Waals surface area contributed by atoms with Crippen LogP contribution in [0.1, 0.15) is 35.3 Å². The van der Waals surface area contributed by atoms with E-state index in [-0.39, 0.29) is 18.0 Å². The first-order chi connectivity index (χ1) is 10.1. The van der Waals surface area contributed by atoms with Gasteiger partial charge in [-0.1, -0.05) is 17.7 Å². The van der Waals surface area contributed by atoms with Crippen molar-refractivity contribution in [2.45, 2.75) is 25.5 Å². The fourth-order valence-corrected chi connectivity index (χ4v) is 3.04. The molecule has 0 spiro atoms. The van der Waals surface area contributed by atoms with Gasteiger partial charge in [0.1, 0.15) is 17.7 Å². The second kappa shape index (κ2) is 5.66. The van der Waals surface area contributed by atoms with Gasteiger partial charge in [0.2, 0.25) is 0 Å². The standard InChI is InChI=1S/C17H17ClFNO/c1-10-3-5-12(19)8-13(10)17-9-15(20-2)14-7-11(18)4-6-16(14)21-17/h3-8,15,17,20H,9H2,1-2H3. The zero-order valence-corrected chi connectivity index (χ0v) is 12.7. The molecule has 4 heteroatoms. The largest absolute Gasteiger partial charge is 0.485 e. The van der Waals surface area contributed by atoms with E-state index in [4.69, 9.17) is 16.3 Å². The number of halogens is 2. The van der Waals surface area contributed by atoms with Gasteiger partial charge in [-0.15, -0.1) is 0 Å². The molecule has 0 bridgehead atoms. The highest BCUT2D eigenvalue weighted by Gasteiger charge is 2.29. The lowest BCUT2D eigenvalue weighted by atomic mass is 9.91. The van der Waals surface area contributed by atoms with E-state index in [1.165, 1.54) is 6.07 Å². The highest BCUT2D eigenvalue weighted by atomic mass is 35.5. The van der Waals surface area contributed by atoms with Crippen molar-refractivity contribution in [2.75, 3.05) is 7.05 Å². The molecule has 0 saturated heterocycles. The molecule has 2 aromatic rings. The third-order valence-corrected chi connectivity index (χ3v) is 4.24. The quantitative estimate of drug-likeness (QED) is 0.877. The maximum Gasteiger partial charge on any atom is 0.126 e.